The third kappa shape index (κ3) is 5.21. The van der Waals surface area contributed by atoms with Gasteiger partial charge in [-0.05, 0) is 37.1 Å². The van der Waals surface area contributed by atoms with E-state index in [4.69, 9.17) is 4.74 Å². The summed E-state index contributed by atoms with van der Waals surface area (Å²) in [7, 11) is 0. The van der Waals surface area contributed by atoms with E-state index in [0.29, 0.717) is 11.4 Å². The standard InChI is InChI=1S/C20H25NO4/c1-3-5-11-21(12-6-4-2)17-13-19(24)20(14-18(17)23)25-16-9-7-15(22)8-10-16/h7-10,13-14,22H,3-6,11-12H2,1-2H3. The van der Waals surface area contributed by atoms with Crippen LogP contribution in [0.2, 0.25) is 0 Å². The van der Waals surface area contributed by atoms with Gasteiger partial charge in [0.15, 0.2) is 5.76 Å². The summed E-state index contributed by atoms with van der Waals surface area (Å²) in [6, 6.07) is 6.01. The summed E-state index contributed by atoms with van der Waals surface area (Å²) >= 11 is 0. The summed E-state index contributed by atoms with van der Waals surface area (Å²) in [5, 5.41) is 9.29. The molecule has 1 aromatic rings. The Bertz CT molecular complexity index is 665. The van der Waals surface area contributed by atoms with Crippen molar-refractivity contribution in [1.82, 2.24) is 4.90 Å². The minimum Gasteiger partial charge on any atom is -0.508 e. The third-order valence-electron chi connectivity index (χ3n) is 3.99. The Labute approximate surface area is 148 Å². The highest BCUT2D eigenvalue weighted by Gasteiger charge is 2.25. The number of allylic oxidation sites excluding steroid dienone is 2. The smallest absolute Gasteiger partial charge is 0.223 e. The van der Waals surface area contributed by atoms with Crippen LogP contribution in [0.3, 0.4) is 0 Å². The van der Waals surface area contributed by atoms with Gasteiger partial charge in [0, 0.05) is 25.2 Å². The molecular weight excluding hydrogens is 318 g/mol. The molecule has 0 bridgehead atoms. The number of aromatic hydroxyl groups is 1. The van der Waals surface area contributed by atoms with Gasteiger partial charge in [0.25, 0.3) is 0 Å². The second kappa shape index (κ2) is 9.06. The van der Waals surface area contributed by atoms with Crippen molar-refractivity contribution in [3.63, 3.8) is 0 Å². The molecule has 1 N–H and O–H groups in total. The van der Waals surface area contributed by atoms with E-state index < -0.39 is 0 Å². The van der Waals surface area contributed by atoms with Crippen molar-refractivity contribution in [3.05, 3.63) is 47.9 Å². The zero-order chi connectivity index (χ0) is 18.2. The Morgan fingerprint density at radius 2 is 1.52 bits per heavy atom. The Morgan fingerprint density at radius 3 is 2.08 bits per heavy atom. The number of ether oxygens (including phenoxy) is 1. The van der Waals surface area contributed by atoms with E-state index in [1.807, 2.05) is 4.90 Å². The molecule has 0 radical (unpaired) electrons. The number of ketones is 2. The number of nitrogens with zero attached hydrogens (tertiary/aromatic N) is 1. The molecule has 0 fully saturated rings. The van der Waals surface area contributed by atoms with E-state index in [9.17, 15) is 14.7 Å². The predicted octanol–water partition coefficient (Wildman–Crippen LogP) is 3.59. The SMILES string of the molecule is CCCCN(CCCC)C1=CC(=O)C(Oc2ccc(O)cc2)=CC1=O. The molecule has 0 aliphatic heterocycles. The van der Waals surface area contributed by atoms with Crippen LogP contribution in [0.15, 0.2) is 47.9 Å². The number of hydrogen-bond acceptors (Lipinski definition) is 5. The molecule has 0 atom stereocenters. The van der Waals surface area contributed by atoms with E-state index in [0.717, 1.165) is 38.8 Å². The highest BCUT2D eigenvalue weighted by atomic mass is 16.5. The lowest BCUT2D eigenvalue weighted by atomic mass is 10.1. The minimum atomic E-state index is -0.319. The van der Waals surface area contributed by atoms with Gasteiger partial charge in [-0.15, -0.1) is 0 Å². The number of unbranched alkanes of at least 4 members (excludes halogenated alkanes) is 2. The molecule has 0 saturated carbocycles. The summed E-state index contributed by atoms with van der Waals surface area (Å²) in [5.74, 6) is -0.0143. The summed E-state index contributed by atoms with van der Waals surface area (Å²) in [4.78, 5) is 26.9. The monoisotopic (exact) mass is 343 g/mol. The first-order valence-electron chi connectivity index (χ1n) is 8.79. The van der Waals surface area contributed by atoms with Crippen LogP contribution >= 0.6 is 0 Å². The molecule has 5 nitrogen and oxygen atoms in total. The lowest BCUT2D eigenvalue weighted by Crippen LogP contribution is -2.32. The molecule has 0 aromatic heterocycles. The average molecular weight is 343 g/mol. The molecule has 0 amide bonds. The number of phenolic OH excluding ortho intramolecular Hbond substituents is 1. The number of carbonyl (C=O) groups is 2. The Hall–Kier alpha value is -2.56. The van der Waals surface area contributed by atoms with E-state index in [1.165, 1.54) is 24.3 Å². The summed E-state index contributed by atoms with van der Waals surface area (Å²) < 4.78 is 5.50. The molecule has 0 heterocycles. The maximum Gasteiger partial charge on any atom is 0.223 e. The Balaban J connectivity index is 2.12. The quantitative estimate of drug-likeness (QED) is 0.694. The summed E-state index contributed by atoms with van der Waals surface area (Å²) in [6.45, 7) is 5.74. The van der Waals surface area contributed by atoms with E-state index >= 15 is 0 Å². The molecule has 0 unspecified atom stereocenters. The van der Waals surface area contributed by atoms with Crippen molar-refractivity contribution in [1.29, 1.82) is 0 Å². The van der Waals surface area contributed by atoms with Crippen molar-refractivity contribution < 1.29 is 19.4 Å². The van der Waals surface area contributed by atoms with Crippen molar-refractivity contribution in [2.24, 2.45) is 0 Å². The molecule has 134 valence electrons. The van der Waals surface area contributed by atoms with Gasteiger partial charge in [0.2, 0.25) is 11.6 Å². The van der Waals surface area contributed by atoms with Crippen LogP contribution in [0.4, 0.5) is 0 Å². The molecule has 1 aliphatic rings. The molecule has 1 aromatic carbocycles. The fourth-order valence-corrected chi connectivity index (χ4v) is 2.55. The summed E-state index contributed by atoms with van der Waals surface area (Å²) in [5.41, 5.74) is 0.449. The Morgan fingerprint density at radius 1 is 0.920 bits per heavy atom. The highest BCUT2D eigenvalue weighted by molar-refractivity contribution is 6.18. The van der Waals surface area contributed by atoms with Crippen molar-refractivity contribution in [2.45, 2.75) is 39.5 Å². The second-order valence-electron chi connectivity index (χ2n) is 6.06. The fraction of sp³-hybridized carbons (Fsp3) is 0.400. The maximum atomic E-state index is 12.5. The van der Waals surface area contributed by atoms with Gasteiger partial charge < -0.3 is 14.7 Å². The van der Waals surface area contributed by atoms with Crippen LogP contribution in [0.25, 0.3) is 0 Å². The van der Waals surface area contributed by atoms with Crippen LogP contribution in [-0.2, 0) is 9.59 Å². The van der Waals surface area contributed by atoms with Crippen LogP contribution < -0.4 is 4.74 Å². The third-order valence-corrected chi connectivity index (χ3v) is 3.99. The van der Waals surface area contributed by atoms with Gasteiger partial charge in [-0.25, -0.2) is 0 Å². The first kappa shape index (κ1) is 18.8. The molecule has 5 heteroatoms. The maximum absolute atomic E-state index is 12.5. The number of phenols is 1. The minimum absolute atomic E-state index is 0.00497. The number of hydrogen-bond donors (Lipinski definition) is 1. The van der Waals surface area contributed by atoms with Crippen LogP contribution in [0.5, 0.6) is 11.5 Å². The van der Waals surface area contributed by atoms with Crippen LogP contribution in [0.1, 0.15) is 39.5 Å². The number of benzene rings is 1. The topological polar surface area (TPSA) is 66.8 Å². The second-order valence-corrected chi connectivity index (χ2v) is 6.06. The molecule has 1 aliphatic carbocycles. The van der Waals surface area contributed by atoms with Gasteiger partial charge >= 0.3 is 0 Å². The fourth-order valence-electron chi connectivity index (χ4n) is 2.55. The number of carbonyl (C=O) groups excluding carboxylic acids is 2. The van der Waals surface area contributed by atoms with Gasteiger partial charge in [0.05, 0.1) is 5.70 Å². The van der Waals surface area contributed by atoms with Crippen LogP contribution in [-0.4, -0.2) is 34.7 Å². The average Bonchev–Trinajstić information content (AvgIpc) is 2.60. The predicted molar refractivity (Wildman–Crippen MR) is 96.3 cm³/mol. The van der Waals surface area contributed by atoms with E-state index in [-0.39, 0.29) is 23.1 Å². The molecule has 0 spiro atoms. The number of rotatable bonds is 9. The van der Waals surface area contributed by atoms with Gasteiger partial charge in [-0.1, -0.05) is 26.7 Å². The molecule has 25 heavy (non-hydrogen) atoms. The largest absolute Gasteiger partial charge is 0.508 e. The lowest BCUT2D eigenvalue weighted by Gasteiger charge is -2.27. The van der Waals surface area contributed by atoms with Gasteiger partial charge in [-0.3, -0.25) is 9.59 Å². The van der Waals surface area contributed by atoms with E-state index in [2.05, 4.69) is 13.8 Å². The first-order valence-corrected chi connectivity index (χ1v) is 8.79. The molecular formula is C20H25NO4. The normalized spacial score (nSPS) is 14.2. The van der Waals surface area contributed by atoms with E-state index in [1.54, 1.807) is 12.1 Å². The Kier molecular flexibility index (Phi) is 6.81. The molecule has 0 saturated heterocycles. The highest BCUT2D eigenvalue weighted by Crippen LogP contribution is 2.22. The van der Waals surface area contributed by atoms with Crippen molar-refractivity contribution in [3.8, 4) is 11.5 Å². The van der Waals surface area contributed by atoms with Crippen molar-refractivity contribution >= 4 is 11.6 Å². The summed E-state index contributed by atoms with van der Waals surface area (Å²) in [6.07, 6.45) is 6.65. The zero-order valence-electron chi connectivity index (χ0n) is 14.8. The van der Waals surface area contributed by atoms with Crippen LogP contribution in [0, 0.1) is 0 Å². The molecule has 2 rings (SSSR count). The van der Waals surface area contributed by atoms with Crippen molar-refractivity contribution in [2.75, 3.05) is 13.1 Å². The van der Waals surface area contributed by atoms with Gasteiger partial charge in [0.1, 0.15) is 11.5 Å². The first-order chi connectivity index (χ1) is 12.0. The van der Waals surface area contributed by atoms with Gasteiger partial charge in [-0.2, -0.15) is 0 Å². The lowest BCUT2D eigenvalue weighted by molar-refractivity contribution is -0.117. The zero-order valence-corrected chi connectivity index (χ0v) is 14.8.